The van der Waals surface area contributed by atoms with Crippen LogP contribution < -0.4 is 5.32 Å². The minimum Gasteiger partial charge on any atom is -0.303 e. The highest BCUT2D eigenvalue weighted by molar-refractivity contribution is 8.15. The van der Waals surface area contributed by atoms with Crippen molar-refractivity contribution in [3.8, 4) is 0 Å². The number of nitro benzene ring substituents is 1. The molecule has 0 bridgehead atoms. The molecule has 1 heterocycles. The van der Waals surface area contributed by atoms with Crippen molar-refractivity contribution < 1.29 is 9.72 Å². The second kappa shape index (κ2) is 6.29. The number of nitro groups is 1. The van der Waals surface area contributed by atoms with Crippen LogP contribution in [0.1, 0.15) is 18.9 Å². The maximum absolute atomic E-state index is 11.4. The van der Waals surface area contributed by atoms with Gasteiger partial charge in [0.2, 0.25) is 5.91 Å². The molecule has 2 rings (SSSR count). The molecule has 0 spiro atoms. The first-order valence-electron chi connectivity index (χ1n) is 5.93. The molecule has 1 unspecified atom stereocenters. The lowest BCUT2D eigenvalue weighted by molar-refractivity contribution is -0.384. The molecule has 0 radical (unpaired) electrons. The Bertz CT molecular complexity index is 583. The summed E-state index contributed by atoms with van der Waals surface area (Å²) in [6.07, 6.45) is 2.21. The van der Waals surface area contributed by atoms with Crippen LogP contribution >= 0.6 is 11.8 Å². The number of carbonyl (C=O) groups is 1. The summed E-state index contributed by atoms with van der Waals surface area (Å²) in [5.41, 5.74) is 0.721. The molecule has 0 aromatic heterocycles. The molecule has 20 heavy (non-hydrogen) atoms. The van der Waals surface area contributed by atoms with Crippen molar-refractivity contribution in [3.05, 3.63) is 39.9 Å². The SMILES string of the molecule is CCC1S/C(=N/N=C/c2ccc([N+](=O)[O-])cc2)NC1=O. The molecule has 8 heteroatoms. The van der Waals surface area contributed by atoms with Gasteiger partial charge in [0, 0.05) is 12.1 Å². The fourth-order valence-electron chi connectivity index (χ4n) is 1.55. The average Bonchev–Trinajstić information content (AvgIpc) is 2.79. The fraction of sp³-hybridized carbons (Fsp3) is 0.250. The molecular weight excluding hydrogens is 280 g/mol. The zero-order chi connectivity index (χ0) is 14.5. The summed E-state index contributed by atoms with van der Waals surface area (Å²) in [6.45, 7) is 1.93. The first kappa shape index (κ1) is 14.2. The van der Waals surface area contributed by atoms with Crippen molar-refractivity contribution in [3.63, 3.8) is 0 Å². The highest BCUT2D eigenvalue weighted by atomic mass is 32.2. The van der Waals surface area contributed by atoms with Crippen LogP contribution in [0.3, 0.4) is 0 Å². The molecule has 1 N–H and O–H groups in total. The number of hydrogen-bond donors (Lipinski definition) is 1. The minimum absolute atomic E-state index is 0.0258. The molecule has 1 aliphatic heterocycles. The molecule has 0 saturated carbocycles. The normalized spacial score (nSPS) is 20.6. The van der Waals surface area contributed by atoms with Gasteiger partial charge in [-0.3, -0.25) is 14.9 Å². The van der Waals surface area contributed by atoms with Crippen molar-refractivity contribution in [2.75, 3.05) is 0 Å². The van der Waals surface area contributed by atoms with E-state index in [9.17, 15) is 14.9 Å². The third-order valence-electron chi connectivity index (χ3n) is 2.61. The van der Waals surface area contributed by atoms with Crippen molar-refractivity contribution in [1.29, 1.82) is 0 Å². The highest BCUT2D eigenvalue weighted by Gasteiger charge is 2.28. The number of hydrogen-bond acceptors (Lipinski definition) is 6. The van der Waals surface area contributed by atoms with E-state index >= 15 is 0 Å². The van der Waals surface area contributed by atoms with Gasteiger partial charge in [-0.15, -0.1) is 5.10 Å². The highest BCUT2D eigenvalue weighted by Crippen LogP contribution is 2.21. The Morgan fingerprint density at radius 3 is 2.70 bits per heavy atom. The number of thioether (sulfide) groups is 1. The maximum Gasteiger partial charge on any atom is 0.269 e. The molecule has 1 amide bonds. The lowest BCUT2D eigenvalue weighted by Gasteiger charge is -1.95. The fourth-order valence-corrected chi connectivity index (χ4v) is 2.41. The number of benzene rings is 1. The van der Waals surface area contributed by atoms with Gasteiger partial charge in [0.15, 0.2) is 5.17 Å². The number of non-ortho nitro benzene ring substituents is 1. The van der Waals surface area contributed by atoms with Gasteiger partial charge in [0.05, 0.1) is 16.4 Å². The summed E-state index contributed by atoms with van der Waals surface area (Å²) in [7, 11) is 0. The third kappa shape index (κ3) is 3.41. The quantitative estimate of drug-likeness (QED) is 0.521. The Kier molecular flexibility index (Phi) is 4.46. The summed E-state index contributed by atoms with van der Waals surface area (Å²) in [6, 6.07) is 5.95. The van der Waals surface area contributed by atoms with E-state index in [0.29, 0.717) is 10.7 Å². The van der Waals surface area contributed by atoms with Crippen LogP contribution in [0.4, 0.5) is 5.69 Å². The van der Waals surface area contributed by atoms with Gasteiger partial charge in [0.25, 0.3) is 5.69 Å². The molecule has 7 nitrogen and oxygen atoms in total. The van der Waals surface area contributed by atoms with E-state index in [-0.39, 0.29) is 16.8 Å². The van der Waals surface area contributed by atoms with Crippen molar-refractivity contribution >= 4 is 34.7 Å². The molecule has 104 valence electrons. The van der Waals surface area contributed by atoms with Gasteiger partial charge in [0.1, 0.15) is 0 Å². The van der Waals surface area contributed by atoms with E-state index < -0.39 is 4.92 Å². The molecule has 1 fully saturated rings. The van der Waals surface area contributed by atoms with Crippen LogP contribution in [-0.2, 0) is 4.79 Å². The zero-order valence-electron chi connectivity index (χ0n) is 10.6. The van der Waals surface area contributed by atoms with Gasteiger partial charge in [-0.2, -0.15) is 5.10 Å². The number of nitrogens with one attached hydrogen (secondary N) is 1. The third-order valence-corrected chi connectivity index (χ3v) is 3.85. The molecular formula is C12H12N4O3S. The lowest BCUT2D eigenvalue weighted by Crippen LogP contribution is -2.24. The van der Waals surface area contributed by atoms with Gasteiger partial charge in [-0.05, 0) is 24.1 Å². The van der Waals surface area contributed by atoms with E-state index in [2.05, 4.69) is 15.5 Å². The molecule has 0 aliphatic carbocycles. The molecule has 1 aliphatic rings. The topological polar surface area (TPSA) is 97.0 Å². The average molecular weight is 292 g/mol. The molecule has 1 atom stereocenters. The number of carbonyl (C=O) groups excluding carboxylic acids is 1. The number of amidine groups is 1. The van der Waals surface area contributed by atoms with E-state index in [1.54, 1.807) is 12.1 Å². The van der Waals surface area contributed by atoms with Crippen molar-refractivity contribution in [2.45, 2.75) is 18.6 Å². The van der Waals surface area contributed by atoms with Crippen LogP contribution in [0.5, 0.6) is 0 Å². The Morgan fingerprint density at radius 1 is 1.45 bits per heavy atom. The van der Waals surface area contributed by atoms with Crippen LogP contribution in [0.15, 0.2) is 34.5 Å². The summed E-state index contributed by atoms with van der Waals surface area (Å²) >= 11 is 1.35. The largest absolute Gasteiger partial charge is 0.303 e. The summed E-state index contributed by atoms with van der Waals surface area (Å²) in [4.78, 5) is 21.5. The van der Waals surface area contributed by atoms with Crippen LogP contribution in [-0.4, -0.2) is 27.5 Å². The Balaban J connectivity index is 2.00. The standard InChI is InChI=1S/C12H12N4O3S/c1-2-10-11(17)14-12(20-10)15-13-7-8-3-5-9(6-4-8)16(18)19/h3-7,10H,2H2,1H3,(H,14,15,17)/b13-7+. The van der Waals surface area contributed by atoms with Crippen molar-refractivity contribution in [2.24, 2.45) is 10.2 Å². The summed E-state index contributed by atoms with van der Waals surface area (Å²) < 4.78 is 0. The Morgan fingerprint density at radius 2 is 2.15 bits per heavy atom. The minimum atomic E-state index is -0.462. The van der Waals surface area contributed by atoms with E-state index in [1.165, 1.54) is 30.1 Å². The van der Waals surface area contributed by atoms with Gasteiger partial charge < -0.3 is 5.32 Å². The first-order valence-corrected chi connectivity index (χ1v) is 6.81. The van der Waals surface area contributed by atoms with Crippen LogP contribution in [0, 0.1) is 10.1 Å². The molecule has 1 aromatic rings. The number of amides is 1. The summed E-state index contributed by atoms with van der Waals surface area (Å²) in [5.74, 6) is -0.0539. The predicted molar refractivity (Wildman–Crippen MR) is 77.9 cm³/mol. The second-order valence-corrected chi connectivity index (χ2v) is 5.19. The Labute approximate surface area is 119 Å². The monoisotopic (exact) mass is 292 g/mol. The zero-order valence-corrected chi connectivity index (χ0v) is 11.5. The van der Waals surface area contributed by atoms with E-state index in [1.807, 2.05) is 6.92 Å². The maximum atomic E-state index is 11.4. The van der Waals surface area contributed by atoms with Crippen molar-refractivity contribution in [1.82, 2.24) is 5.32 Å². The first-order chi connectivity index (χ1) is 9.60. The van der Waals surface area contributed by atoms with Gasteiger partial charge in [-0.1, -0.05) is 18.7 Å². The van der Waals surface area contributed by atoms with Crippen LogP contribution in [0.25, 0.3) is 0 Å². The second-order valence-electron chi connectivity index (χ2n) is 4.00. The van der Waals surface area contributed by atoms with Gasteiger partial charge >= 0.3 is 0 Å². The number of rotatable bonds is 4. The van der Waals surface area contributed by atoms with Crippen LogP contribution in [0.2, 0.25) is 0 Å². The predicted octanol–water partition coefficient (Wildman–Crippen LogP) is 1.93. The molecule has 1 saturated heterocycles. The van der Waals surface area contributed by atoms with E-state index in [4.69, 9.17) is 0 Å². The smallest absolute Gasteiger partial charge is 0.269 e. The van der Waals surface area contributed by atoms with Gasteiger partial charge in [-0.25, -0.2) is 0 Å². The Hall–Kier alpha value is -2.22. The van der Waals surface area contributed by atoms with E-state index in [0.717, 1.165) is 6.42 Å². The molecule has 1 aromatic carbocycles. The summed E-state index contributed by atoms with van der Waals surface area (Å²) in [5, 5.41) is 21.3. The lowest BCUT2D eigenvalue weighted by atomic mass is 10.2. The number of nitrogens with zero attached hydrogens (tertiary/aromatic N) is 3.